The molecule has 0 aliphatic heterocycles. The first-order valence-corrected chi connectivity index (χ1v) is 4.60. The van der Waals surface area contributed by atoms with Gasteiger partial charge in [-0.25, -0.2) is 0 Å². The Bertz CT molecular complexity index is 470. The molecule has 0 heterocycles. The molecule has 3 nitrogen and oxygen atoms in total. The zero-order chi connectivity index (χ0) is 10.8. The normalized spacial score (nSPS) is 17.6. The topological polar surface area (TPSA) is 57.5 Å². The van der Waals surface area contributed by atoms with Gasteiger partial charge in [-0.15, -0.1) is 0 Å². The average molecular weight is 202 g/mol. The summed E-state index contributed by atoms with van der Waals surface area (Å²) in [6.07, 6.45) is 5.46. The van der Waals surface area contributed by atoms with Crippen LogP contribution in [0.4, 0.5) is 0 Å². The summed E-state index contributed by atoms with van der Waals surface area (Å²) in [6.45, 7) is 0. The van der Waals surface area contributed by atoms with Crippen LogP contribution in [-0.2, 0) is 4.79 Å². The van der Waals surface area contributed by atoms with Crippen LogP contribution in [0.15, 0.2) is 35.9 Å². The number of phenolic OH excluding ortho intramolecular Hbond substituents is 2. The number of benzene rings is 1. The van der Waals surface area contributed by atoms with Crippen molar-refractivity contribution in [2.24, 2.45) is 0 Å². The molecule has 0 saturated carbocycles. The van der Waals surface area contributed by atoms with Crippen LogP contribution in [0.3, 0.4) is 0 Å². The van der Waals surface area contributed by atoms with Crippen LogP contribution in [0.5, 0.6) is 11.5 Å². The molecule has 1 aromatic carbocycles. The Labute approximate surface area is 87.0 Å². The van der Waals surface area contributed by atoms with Crippen molar-refractivity contribution in [3.05, 3.63) is 41.5 Å². The SMILES string of the molecule is O=C1CC=CC1=Cc1cc(O)ccc1O. The summed E-state index contributed by atoms with van der Waals surface area (Å²) in [4.78, 5) is 11.3. The third-order valence-corrected chi connectivity index (χ3v) is 2.24. The van der Waals surface area contributed by atoms with Gasteiger partial charge < -0.3 is 10.2 Å². The van der Waals surface area contributed by atoms with Crippen LogP contribution >= 0.6 is 0 Å². The molecule has 15 heavy (non-hydrogen) atoms. The lowest BCUT2D eigenvalue weighted by molar-refractivity contribution is -0.114. The van der Waals surface area contributed by atoms with Gasteiger partial charge in [0.15, 0.2) is 5.78 Å². The predicted octanol–water partition coefficient (Wildman–Crippen LogP) is 2.01. The number of aromatic hydroxyl groups is 2. The summed E-state index contributed by atoms with van der Waals surface area (Å²) in [5.74, 6) is 0.139. The Morgan fingerprint density at radius 2 is 2.07 bits per heavy atom. The number of carbonyl (C=O) groups is 1. The summed E-state index contributed by atoms with van der Waals surface area (Å²) >= 11 is 0. The van der Waals surface area contributed by atoms with Gasteiger partial charge in [-0.3, -0.25) is 4.79 Å². The molecule has 1 aromatic rings. The van der Waals surface area contributed by atoms with E-state index in [4.69, 9.17) is 0 Å². The van der Waals surface area contributed by atoms with Crippen LogP contribution in [0.25, 0.3) is 6.08 Å². The second kappa shape index (κ2) is 3.61. The van der Waals surface area contributed by atoms with Crippen LogP contribution in [-0.4, -0.2) is 16.0 Å². The second-order valence-corrected chi connectivity index (χ2v) is 3.37. The number of hydrogen-bond acceptors (Lipinski definition) is 3. The highest BCUT2D eigenvalue weighted by Gasteiger charge is 2.11. The number of hydrogen-bond donors (Lipinski definition) is 2. The van der Waals surface area contributed by atoms with Crippen LogP contribution in [0.2, 0.25) is 0 Å². The molecule has 1 aliphatic rings. The Hall–Kier alpha value is -2.03. The lowest BCUT2D eigenvalue weighted by Crippen LogP contribution is -1.91. The zero-order valence-corrected chi connectivity index (χ0v) is 7.97. The minimum Gasteiger partial charge on any atom is -0.508 e. The van der Waals surface area contributed by atoms with E-state index >= 15 is 0 Å². The first-order valence-electron chi connectivity index (χ1n) is 4.60. The van der Waals surface area contributed by atoms with Crippen LogP contribution < -0.4 is 0 Å². The first kappa shape index (κ1) is 9.52. The highest BCUT2D eigenvalue weighted by Crippen LogP contribution is 2.26. The van der Waals surface area contributed by atoms with E-state index in [1.165, 1.54) is 18.2 Å². The van der Waals surface area contributed by atoms with Gasteiger partial charge in [-0.05, 0) is 24.3 Å². The minimum atomic E-state index is 0.0257. The number of rotatable bonds is 1. The molecule has 0 aromatic heterocycles. The summed E-state index contributed by atoms with van der Waals surface area (Å²) < 4.78 is 0. The van der Waals surface area contributed by atoms with Gasteiger partial charge in [0.05, 0.1) is 0 Å². The van der Waals surface area contributed by atoms with E-state index in [1.54, 1.807) is 18.2 Å². The van der Waals surface area contributed by atoms with Crippen molar-refractivity contribution in [2.45, 2.75) is 6.42 Å². The Morgan fingerprint density at radius 1 is 1.27 bits per heavy atom. The fraction of sp³-hybridized carbons (Fsp3) is 0.0833. The smallest absolute Gasteiger partial charge is 0.166 e. The third-order valence-electron chi connectivity index (χ3n) is 2.24. The van der Waals surface area contributed by atoms with E-state index in [1.807, 2.05) is 0 Å². The highest BCUT2D eigenvalue weighted by atomic mass is 16.3. The summed E-state index contributed by atoms with van der Waals surface area (Å²) in [7, 11) is 0. The van der Waals surface area contributed by atoms with E-state index in [9.17, 15) is 15.0 Å². The molecule has 0 unspecified atom stereocenters. The molecule has 0 saturated heterocycles. The minimum absolute atomic E-state index is 0.0257. The Kier molecular flexibility index (Phi) is 2.29. The van der Waals surface area contributed by atoms with Crippen molar-refractivity contribution in [1.29, 1.82) is 0 Å². The van der Waals surface area contributed by atoms with Crippen molar-refractivity contribution >= 4 is 11.9 Å². The van der Waals surface area contributed by atoms with Gasteiger partial charge in [0, 0.05) is 17.6 Å². The Balaban J connectivity index is 2.42. The number of ketones is 1. The van der Waals surface area contributed by atoms with Gasteiger partial charge in [0.2, 0.25) is 0 Å². The second-order valence-electron chi connectivity index (χ2n) is 3.37. The van der Waals surface area contributed by atoms with Crippen molar-refractivity contribution in [2.75, 3.05) is 0 Å². The number of allylic oxidation sites excluding steroid dienone is 3. The summed E-state index contributed by atoms with van der Waals surface area (Å²) in [5, 5.41) is 18.7. The molecule has 0 fully saturated rings. The zero-order valence-electron chi connectivity index (χ0n) is 7.97. The molecule has 0 amide bonds. The van der Waals surface area contributed by atoms with E-state index < -0.39 is 0 Å². The van der Waals surface area contributed by atoms with Gasteiger partial charge in [0.1, 0.15) is 11.5 Å². The molecule has 0 atom stereocenters. The highest BCUT2D eigenvalue weighted by molar-refractivity contribution is 6.05. The van der Waals surface area contributed by atoms with Crippen molar-refractivity contribution < 1.29 is 15.0 Å². The van der Waals surface area contributed by atoms with Crippen molar-refractivity contribution in [1.82, 2.24) is 0 Å². The van der Waals surface area contributed by atoms with Crippen molar-refractivity contribution in [3.63, 3.8) is 0 Å². The fourth-order valence-electron chi connectivity index (χ4n) is 1.46. The molecule has 0 radical (unpaired) electrons. The quantitative estimate of drug-likeness (QED) is 0.541. The molecular formula is C12H10O3. The number of Topliss-reactive ketones (excluding diaryl/α,β-unsaturated/α-hetero) is 1. The fourth-order valence-corrected chi connectivity index (χ4v) is 1.46. The monoisotopic (exact) mass is 202 g/mol. The molecule has 0 spiro atoms. The largest absolute Gasteiger partial charge is 0.508 e. The van der Waals surface area contributed by atoms with Gasteiger partial charge in [-0.2, -0.15) is 0 Å². The lowest BCUT2D eigenvalue weighted by Gasteiger charge is -2.00. The first-order chi connectivity index (χ1) is 7.16. The molecule has 2 N–H and O–H groups in total. The third kappa shape index (κ3) is 1.91. The lowest BCUT2D eigenvalue weighted by atomic mass is 10.1. The van der Waals surface area contributed by atoms with E-state index in [0.717, 1.165) is 0 Å². The van der Waals surface area contributed by atoms with Crippen LogP contribution in [0.1, 0.15) is 12.0 Å². The molecule has 76 valence electrons. The molecule has 3 heteroatoms. The number of phenols is 2. The van der Waals surface area contributed by atoms with Crippen molar-refractivity contribution in [3.8, 4) is 11.5 Å². The van der Waals surface area contributed by atoms with Gasteiger partial charge in [-0.1, -0.05) is 12.2 Å². The van der Waals surface area contributed by atoms with Gasteiger partial charge >= 0.3 is 0 Å². The van der Waals surface area contributed by atoms with Crippen LogP contribution in [0, 0.1) is 0 Å². The maximum Gasteiger partial charge on any atom is 0.166 e. The summed E-state index contributed by atoms with van der Waals surface area (Å²) in [6, 6.07) is 4.20. The Morgan fingerprint density at radius 3 is 2.73 bits per heavy atom. The standard InChI is InChI=1S/C12H10O3/c13-10-4-5-12(15)9(7-10)6-8-2-1-3-11(8)14/h1-2,4-7,13,15H,3H2. The average Bonchev–Trinajstić information content (AvgIpc) is 2.58. The molecule has 0 bridgehead atoms. The molecular weight excluding hydrogens is 192 g/mol. The maximum atomic E-state index is 11.3. The summed E-state index contributed by atoms with van der Waals surface area (Å²) in [5.41, 5.74) is 1.00. The van der Waals surface area contributed by atoms with E-state index in [0.29, 0.717) is 17.6 Å². The maximum absolute atomic E-state index is 11.3. The molecule has 2 rings (SSSR count). The van der Waals surface area contributed by atoms with E-state index in [2.05, 4.69) is 0 Å². The predicted molar refractivity (Wildman–Crippen MR) is 56.5 cm³/mol. The van der Waals surface area contributed by atoms with E-state index in [-0.39, 0.29) is 17.3 Å². The molecule has 1 aliphatic carbocycles. The van der Waals surface area contributed by atoms with Gasteiger partial charge in [0.25, 0.3) is 0 Å². The number of carbonyl (C=O) groups excluding carboxylic acids is 1.